The minimum absolute atomic E-state index is 0.722. The lowest BCUT2D eigenvalue weighted by Gasteiger charge is -2.29. The highest BCUT2D eigenvalue weighted by Gasteiger charge is 2.31. The second kappa shape index (κ2) is 5.41. The van der Waals surface area contributed by atoms with Crippen molar-refractivity contribution in [1.82, 2.24) is 14.5 Å². The van der Waals surface area contributed by atoms with E-state index in [1.165, 1.54) is 38.1 Å². The Balaban J connectivity index is 1.59. The first-order valence-corrected chi connectivity index (χ1v) is 7.11. The van der Waals surface area contributed by atoms with E-state index < -0.39 is 0 Å². The van der Waals surface area contributed by atoms with Crippen molar-refractivity contribution in [3.63, 3.8) is 0 Å². The highest BCUT2D eigenvalue weighted by atomic mass is 16.5. The smallest absolute Gasteiger partial charge is 0.122 e. The molecule has 100 valence electrons. The number of aromatic nitrogens is 2. The van der Waals surface area contributed by atoms with Crippen LogP contribution in [0.25, 0.3) is 0 Å². The predicted molar refractivity (Wildman–Crippen MR) is 70.2 cm³/mol. The van der Waals surface area contributed by atoms with E-state index in [-0.39, 0.29) is 0 Å². The van der Waals surface area contributed by atoms with E-state index in [9.17, 15) is 0 Å². The van der Waals surface area contributed by atoms with Gasteiger partial charge in [-0.15, -0.1) is 0 Å². The van der Waals surface area contributed by atoms with Crippen LogP contribution in [-0.4, -0.2) is 40.3 Å². The molecule has 1 aromatic heterocycles. The molecule has 1 aliphatic carbocycles. The monoisotopic (exact) mass is 249 g/mol. The normalized spacial score (nSPS) is 24.7. The van der Waals surface area contributed by atoms with Gasteiger partial charge in [-0.25, -0.2) is 4.98 Å². The minimum Gasteiger partial charge on any atom is -0.381 e. The molecule has 18 heavy (non-hydrogen) atoms. The topological polar surface area (TPSA) is 30.3 Å². The molecule has 2 heterocycles. The van der Waals surface area contributed by atoms with E-state index in [1.54, 1.807) is 0 Å². The average Bonchev–Trinajstić information content (AvgIpc) is 3.16. The highest BCUT2D eigenvalue weighted by Crippen LogP contribution is 2.30. The van der Waals surface area contributed by atoms with Gasteiger partial charge < -0.3 is 9.30 Å². The summed E-state index contributed by atoms with van der Waals surface area (Å²) >= 11 is 0. The van der Waals surface area contributed by atoms with Crippen molar-refractivity contribution in [2.24, 2.45) is 13.0 Å². The molecule has 1 saturated carbocycles. The van der Waals surface area contributed by atoms with E-state index >= 15 is 0 Å². The molecule has 2 fully saturated rings. The fourth-order valence-corrected chi connectivity index (χ4v) is 2.80. The Morgan fingerprint density at radius 1 is 1.44 bits per heavy atom. The van der Waals surface area contributed by atoms with E-state index in [2.05, 4.69) is 21.5 Å². The summed E-state index contributed by atoms with van der Waals surface area (Å²) in [7, 11) is 2.08. The second-order valence-corrected chi connectivity index (χ2v) is 5.70. The Morgan fingerprint density at radius 2 is 2.33 bits per heavy atom. The molecule has 1 atom stereocenters. The molecule has 0 bridgehead atoms. The second-order valence-electron chi connectivity index (χ2n) is 5.70. The summed E-state index contributed by atoms with van der Waals surface area (Å²) in [6.07, 6.45) is 9.19. The van der Waals surface area contributed by atoms with E-state index in [1.807, 2.05) is 12.4 Å². The van der Waals surface area contributed by atoms with Crippen LogP contribution in [0, 0.1) is 5.92 Å². The van der Waals surface area contributed by atoms with Crippen molar-refractivity contribution in [2.45, 2.75) is 38.3 Å². The molecule has 1 saturated heterocycles. The zero-order chi connectivity index (χ0) is 12.4. The first-order chi connectivity index (χ1) is 8.83. The van der Waals surface area contributed by atoms with Gasteiger partial charge in [-0.2, -0.15) is 0 Å². The first-order valence-electron chi connectivity index (χ1n) is 7.11. The third-order valence-electron chi connectivity index (χ3n) is 4.08. The lowest BCUT2D eigenvalue weighted by molar-refractivity contribution is 0.0353. The van der Waals surface area contributed by atoms with Crippen LogP contribution in [0.2, 0.25) is 0 Å². The quantitative estimate of drug-likeness (QED) is 0.797. The van der Waals surface area contributed by atoms with Crippen molar-refractivity contribution in [2.75, 3.05) is 19.8 Å². The molecule has 0 aromatic carbocycles. The molecule has 3 rings (SSSR count). The molecule has 1 unspecified atom stereocenters. The number of aryl methyl sites for hydroxylation is 1. The van der Waals surface area contributed by atoms with Crippen LogP contribution in [-0.2, 0) is 18.3 Å². The van der Waals surface area contributed by atoms with E-state index in [4.69, 9.17) is 4.74 Å². The number of ether oxygens (including phenoxy) is 1. The largest absolute Gasteiger partial charge is 0.381 e. The van der Waals surface area contributed by atoms with Crippen molar-refractivity contribution in [3.8, 4) is 0 Å². The van der Waals surface area contributed by atoms with Crippen LogP contribution in [0.1, 0.15) is 31.5 Å². The van der Waals surface area contributed by atoms with Crippen molar-refractivity contribution in [1.29, 1.82) is 0 Å². The predicted octanol–water partition coefficient (Wildman–Crippen LogP) is 1.81. The summed E-state index contributed by atoms with van der Waals surface area (Å²) in [6, 6.07) is 0.795. The van der Waals surface area contributed by atoms with Crippen molar-refractivity contribution in [3.05, 3.63) is 18.2 Å². The third kappa shape index (κ3) is 2.93. The van der Waals surface area contributed by atoms with Gasteiger partial charge in [0, 0.05) is 38.6 Å². The Bertz CT molecular complexity index is 380. The number of hydrogen-bond donors (Lipinski definition) is 0. The minimum atomic E-state index is 0.722. The molecular weight excluding hydrogens is 226 g/mol. The van der Waals surface area contributed by atoms with Gasteiger partial charge in [-0.3, -0.25) is 4.90 Å². The number of nitrogens with zero attached hydrogens (tertiary/aromatic N) is 3. The fourth-order valence-electron chi connectivity index (χ4n) is 2.80. The maximum atomic E-state index is 5.59. The molecular formula is C14H23N3O. The number of rotatable bonds is 5. The molecule has 4 nitrogen and oxygen atoms in total. The van der Waals surface area contributed by atoms with Gasteiger partial charge in [-0.1, -0.05) is 0 Å². The van der Waals surface area contributed by atoms with E-state index in [0.717, 1.165) is 31.7 Å². The van der Waals surface area contributed by atoms with Gasteiger partial charge in [0.25, 0.3) is 0 Å². The summed E-state index contributed by atoms with van der Waals surface area (Å²) in [5.41, 5.74) is 0. The van der Waals surface area contributed by atoms with Crippen molar-refractivity contribution >= 4 is 0 Å². The van der Waals surface area contributed by atoms with Crippen LogP contribution >= 0.6 is 0 Å². The van der Waals surface area contributed by atoms with Crippen LogP contribution in [0.3, 0.4) is 0 Å². The van der Waals surface area contributed by atoms with Gasteiger partial charge in [0.2, 0.25) is 0 Å². The van der Waals surface area contributed by atoms with Gasteiger partial charge in [-0.05, 0) is 31.6 Å². The SMILES string of the molecule is Cn1ccnc1CN(CC1CCCOC1)C1CC1. The lowest BCUT2D eigenvalue weighted by atomic mass is 10.0. The molecule has 0 amide bonds. The highest BCUT2D eigenvalue weighted by molar-refractivity contribution is 4.95. The van der Waals surface area contributed by atoms with Gasteiger partial charge in [0.1, 0.15) is 5.82 Å². The molecule has 0 radical (unpaired) electrons. The molecule has 0 spiro atoms. The summed E-state index contributed by atoms with van der Waals surface area (Å²) in [5, 5.41) is 0. The summed E-state index contributed by atoms with van der Waals surface area (Å²) in [6.45, 7) is 4.07. The standard InChI is InChI=1S/C14H23N3O/c1-16-7-6-15-14(16)10-17(13-4-5-13)9-12-3-2-8-18-11-12/h6-7,12-13H,2-5,8-11H2,1H3. The molecule has 4 heteroatoms. The summed E-state index contributed by atoms with van der Waals surface area (Å²) in [5.74, 6) is 1.90. The maximum Gasteiger partial charge on any atom is 0.122 e. The van der Waals surface area contributed by atoms with Crippen molar-refractivity contribution < 1.29 is 4.74 Å². The van der Waals surface area contributed by atoms with Crippen LogP contribution in [0.4, 0.5) is 0 Å². The lowest BCUT2D eigenvalue weighted by Crippen LogP contribution is -2.35. The summed E-state index contributed by atoms with van der Waals surface area (Å²) < 4.78 is 7.73. The fraction of sp³-hybridized carbons (Fsp3) is 0.786. The summed E-state index contributed by atoms with van der Waals surface area (Å²) in [4.78, 5) is 7.06. The van der Waals surface area contributed by atoms with Gasteiger partial charge in [0.05, 0.1) is 13.2 Å². The van der Waals surface area contributed by atoms with Gasteiger partial charge in [0.15, 0.2) is 0 Å². The Morgan fingerprint density at radius 3 is 2.94 bits per heavy atom. The Kier molecular flexibility index (Phi) is 3.66. The molecule has 1 aliphatic heterocycles. The van der Waals surface area contributed by atoms with Crippen LogP contribution in [0.15, 0.2) is 12.4 Å². The average molecular weight is 249 g/mol. The van der Waals surface area contributed by atoms with E-state index in [0.29, 0.717) is 0 Å². The first kappa shape index (κ1) is 12.2. The number of imidazole rings is 1. The maximum absolute atomic E-state index is 5.59. The molecule has 1 aromatic rings. The van der Waals surface area contributed by atoms with Crippen LogP contribution in [0.5, 0.6) is 0 Å². The van der Waals surface area contributed by atoms with Gasteiger partial charge >= 0.3 is 0 Å². The zero-order valence-corrected chi connectivity index (χ0v) is 11.2. The third-order valence-corrected chi connectivity index (χ3v) is 4.08. The Labute approximate surface area is 109 Å². The van der Waals surface area contributed by atoms with Crippen LogP contribution < -0.4 is 0 Å². The molecule has 2 aliphatic rings. The number of hydrogen-bond acceptors (Lipinski definition) is 3. The zero-order valence-electron chi connectivity index (χ0n) is 11.2. The molecule has 0 N–H and O–H groups in total. The Hall–Kier alpha value is -0.870.